The van der Waals surface area contributed by atoms with Crippen LogP contribution in [-0.4, -0.2) is 30.2 Å². The summed E-state index contributed by atoms with van der Waals surface area (Å²) in [6.07, 6.45) is 7.12. The van der Waals surface area contributed by atoms with E-state index in [1.807, 2.05) is 42.0 Å². The van der Waals surface area contributed by atoms with E-state index in [0.717, 1.165) is 6.42 Å². The number of rotatable bonds is 3. The third kappa shape index (κ3) is 2.76. The van der Waals surface area contributed by atoms with Crippen molar-refractivity contribution in [1.29, 1.82) is 0 Å². The van der Waals surface area contributed by atoms with Crippen LogP contribution in [0.2, 0.25) is 0 Å². The molecular weight excluding hydrogens is 274 g/mol. The van der Waals surface area contributed by atoms with Crippen LogP contribution in [0.5, 0.6) is 0 Å². The highest BCUT2D eigenvalue weighted by Crippen LogP contribution is 2.48. The first-order chi connectivity index (χ1) is 9.40. The van der Waals surface area contributed by atoms with E-state index in [-0.39, 0.29) is 0 Å². The third-order valence-electron chi connectivity index (χ3n) is 3.19. The quantitative estimate of drug-likeness (QED) is 0.844. The van der Waals surface area contributed by atoms with Gasteiger partial charge >= 0.3 is 0 Å². The van der Waals surface area contributed by atoms with Crippen molar-refractivity contribution in [3.05, 3.63) is 51.9 Å². The SMILES string of the molecule is COCC1=C(c2cccnc2)C2=C([CH]C1)SCCS2. The Balaban J connectivity index is 2.08. The second-order valence-corrected chi connectivity index (χ2v) is 6.69. The summed E-state index contributed by atoms with van der Waals surface area (Å²) < 4.78 is 5.38. The number of pyridine rings is 1. The predicted octanol–water partition coefficient (Wildman–Crippen LogP) is 3.78. The summed E-state index contributed by atoms with van der Waals surface area (Å²) in [7, 11) is 1.76. The van der Waals surface area contributed by atoms with Gasteiger partial charge in [-0.3, -0.25) is 4.98 Å². The van der Waals surface area contributed by atoms with Crippen molar-refractivity contribution >= 4 is 29.1 Å². The van der Waals surface area contributed by atoms with E-state index in [4.69, 9.17) is 4.74 Å². The second-order valence-electron chi connectivity index (χ2n) is 4.45. The van der Waals surface area contributed by atoms with Gasteiger partial charge in [-0.15, -0.1) is 23.5 Å². The fourth-order valence-electron chi connectivity index (χ4n) is 2.41. The van der Waals surface area contributed by atoms with Crippen molar-refractivity contribution in [2.24, 2.45) is 0 Å². The number of aromatic nitrogens is 1. The van der Waals surface area contributed by atoms with Crippen LogP contribution in [-0.2, 0) is 4.74 Å². The first-order valence-electron chi connectivity index (χ1n) is 6.35. The minimum atomic E-state index is 0.697. The largest absolute Gasteiger partial charge is 0.380 e. The van der Waals surface area contributed by atoms with Crippen molar-refractivity contribution in [3.63, 3.8) is 0 Å². The topological polar surface area (TPSA) is 22.1 Å². The smallest absolute Gasteiger partial charge is 0.0682 e. The number of methoxy groups -OCH3 is 1. The Labute approximate surface area is 122 Å². The van der Waals surface area contributed by atoms with Crippen LogP contribution in [0.3, 0.4) is 0 Å². The van der Waals surface area contributed by atoms with E-state index in [9.17, 15) is 0 Å². The van der Waals surface area contributed by atoms with Gasteiger partial charge in [0.1, 0.15) is 0 Å². The first kappa shape index (κ1) is 13.3. The van der Waals surface area contributed by atoms with Gasteiger partial charge in [-0.25, -0.2) is 0 Å². The highest BCUT2D eigenvalue weighted by molar-refractivity contribution is 8.10. The third-order valence-corrected chi connectivity index (χ3v) is 5.79. The molecule has 2 heterocycles. The number of hydrogen-bond acceptors (Lipinski definition) is 4. The van der Waals surface area contributed by atoms with Crippen LogP contribution >= 0.6 is 23.5 Å². The lowest BCUT2D eigenvalue weighted by Crippen LogP contribution is -2.11. The summed E-state index contributed by atoms with van der Waals surface area (Å²) in [5.41, 5.74) is 3.93. The van der Waals surface area contributed by atoms with Gasteiger partial charge in [-0.2, -0.15) is 0 Å². The molecule has 0 amide bonds. The molecule has 0 saturated heterocycles. The molecule has 0 unspecified atom stereocenters. The predicted molar refractivity (Wildman–Crippen MR) is 83.9 cm³/mol. The molecule has 99 valence electrons. The average Bonchev–Trinajstić information content (AvgIpc) is 2.48. The normalized spacial score (nSPS) is 19.6. The van der Waals surface area contributed by atoms with Gasteiger partial charge in [0.15, 0.2) is 0 Å². The van der Waals surface area contributed by atoms with Crippen LogP contribution < -0.4 is 0 Å². The van der Waals surface area contributed by atoms with Crippen molar-refractivity contribution < 1.29 is 4.74 Å². The minimum Gasteiger partial charge on any atom is -0.380 e. The van der Waals surface area contributed by atoms with Crippen molar-refractivity contribution in [2.45, 2.75) is 6.42 Å². The summed E-state index contributed by atoms with van der Waals surface area (Å²) in [4.78, 5) is 7.13. The van der Waals surface area contributed by atoms with Gasteiger partial charge in [-0.1, -0.05) is 6.07 Å². The lowest BCUT2D eigenvalue weighted by atomic mass is 9.93. The molecule has 0 spiro atoms. The van der Waals surface area contributed by atoms with Crippen LogP contribution in [0.4, 0.5) is 0 Å². The van der Waals surface area contributed by atoms with Crippen LogP contribution in [0.15, 0.2) is 39.9 Å². The zero-order chi connectivity index (χ0) is 13.1. The molecule has 3 rings (SSSR count). The van der Waals surface area contributed by atoms with Gasteiger partial charge in [0, 0.05) is 52.8 Å². The van der Waals surface area contributed by atoms with Crippen molar-refractivity contribution in [2.75, 3.05) is 25.2 Å². The highest BCUT2D eigenvalue weighted by Gasteiger charge is 2.26. The van der Waals surface area contributed by atoms with E-state index < -0.39 is 0 Å². The molecule has 1 aliphatic heterocycles. The number of nitrogens with zero attached hydrogens (tertiary/aromatic N) is 1. The molecule has 0 saturated carbocycles. The van der Waals surface area contributed by atoms with Crippen LogP contribution in [0.25, 0.3) is 5.57 Å². The Morgan fingerprint density at radius 3 is 3.00 bits per heavy atom. The number of thioether (sulfide) groups is 2. The Morgan fingerprint density at radius 1 is 1.32 bits per heavy atom. The molecule has 2 nitrogen and oxygen atoms in total. The molecule has 0 bridgehead atoms. The number of hydrogen-bond donors (Lipinski definition) is 0. The van der Waals surface area contributed by atoms with Crippen LogP contribution in [0.1, 0.15) is 12.0 Å². The molecule has 0 aromatic carbocycles. The molecule has 2 aliphatic rings. The summed E-state index contributed by atoms with van der Waals surface area (Å²) >= 11 is 3.94. The lowest BCUT2D eigenvalue weighted by molar-refractivity contribution is 0.224. The summed E-state index contributed by atoms with van der Waals surface area (Å²) in [6.45, 7) is 0.697. The number of ether oxygens (including phenoxy) is 1. The van der Waals surface area contributed by atoms with Gasteiger partial charge in [0.25, 0.3) is 0 Å². The van der Waals surface area contributed by atoms with Gasteiger partial charge in [0.05, 0.1) is 6.61 Å². The van der Waals surface area contributed by atoms with E-state index >= 15 is 0 Å². The molecule has 0 atom stereocenters. The van der Waals surface area contributed by atoms with Crippen molar-refractivity contribution in [3.8, 4) is 0 Å². The maximum absolute atomic E-state index is 5.38. The molecular formula is C15H16NOS2. The van der Waals surface area contributed by atoms with Gasteiger partial charge in [0.2, 0.25) is 0 Å². The lowest BCUT2D eigenvalue weighted by Gasteiger charge is -2.28. The zero-order valence-corrected chi connectivity index (χ0v) is 12.5. The summed E-state index contributed by atoms with van der Waals surface area (Å²) in [5, 5.41) is 0. The molecule has 1 aliphatic carbocycles. The standard InChI is InChI=1S/C15H16NOS2/c1-17-10-12-4-5-13-15(19-8-7-18-13)14(12)11-3-2-6-16-9-11/h2-3,5-6,9H,4,7-8,10H2,1H3. The second kappa shape index (κ2) is 6.16. The first-order valence-corrected chi connectivity index (χ1v) is 8.32. The monoisotopic (exact) mass is 290 g/mol. The molecule has 1 radical (unpaired) electrons. The maximum Gasteiger partial charge on any atom is 0.0682 e. The Kier molecular flexibility index (Phi) is 4.31. The average molecular weight is 290 g/mol. The van der Waals surface area contributed by atoms with Crippen LogP contribution in [0, 0.1) is 6.42 Å². The highest BCUT2D eigenvalue weighted by atomic mass is 32.2. The molecule has 4 heteroatoms. The Bertz CT molecular complexity index is 522. The van der Waals surface area contributed by atoms with E-state index in [0.29, 0.717) is 6.61 Å². The fourth-order valence-corrected chi connectivity index (χ4v) is 4.92. The van der Waals surface area contributed by atoms with E-state index in [1.54, 1.807) is 7.11 Å². The number of allylic oxidation sites excluding steroid dienone is 2. The molecule has 1 aromatic heterocycles. The molecule has 1 aromatic rings. The zero-order valence-electron chi connectivity index (χ0n) is 10.9. The molecule has 0 fully saturated rings. The maximum atomic E-state index is 5.38. The van der Waals surface area contributed by atoms with Crippen molar-refractivity contribution in [1.82, 2.24) is 4.98 Å². The molecule has 19 heavy (non-hydrogen) atoms. The summed E-state index contributed by atoms with van der Waals surface area (Å²) in [6, 6.07) is 4.15. The van der Waals surface area contributed by atoms with E-state index in [1.165, 1.54) is 38.0 Å². The van der Waals surface area contributed by atoms with E-state index in [2.05, 4.69) is 17.5 Å². The van der Waals surface area contributed by atoms with Gasteiger partial charge in [-0.05, 0) is 23.6 Å². The fraction of sp³-hybridized carbons (Fsp3) is 0.333. The minimum absolute atomic E-state index is 0.697. The Hall–Kier alpha value is -0.710. The molecule has 0 N–H and O–H groups in total. The Morgan fingerprint density at radius 2 is 2.21 bits per heavy atom. The summed E-state index contributed by atoms with van der Waals surface area (Å²) in [5.74, 6) is 2.39. The van der Waals surface area contributed by atoms with Gasteiger partial charge < -0.3 is 4.74 Å².